The molecule has 2 N–H and O–H groups in total. The van der Waals surface area contributed by atoms with E-state index < -0.39 is 0 Å². The summed E-state index contributed by atoms with van der Waals surface area (Å²) in [6, 6.07) is 3.79. The standard InChI is InChI=1S/C13H18N4OS/c14-10-11-3-9-19-13(11)16-12(18)2-7-17-6-1-4-15-5-8-17/h3,9,15H,1-2,4-8H2,(H,16,18). The third-order valence-corrected chi connectivity index (χ3v) is 3.96. The van der Waals surface area contributed by atoms with Crippen LogP contribution in [0.25, 0.3) is 0 Å². The van der Waals surface area contributed by atoms with Crippen molar-refractivity contribution in [2.45, 2.75) is 12.8 Å². The zero-order valence-electron chi connectivity index (χ0n) is 10.8. The number of nitrogens with zero attached hydrogens (tertiary/aromatic N) is 2. The highest BCUT2D eigenvalue weighted by Gasteiger charge is 2.12. The van der Waals surface area contributed by atoms with Crippen LogP contribution in [0.2, 0.25) is 0 Å². The van der Waals surface area contributed by atoms with Gasteiger partial charge in [-0.25, -0.2) is 0 Å². The first kappa shape index (κ1) is 14.0. The minimum Gasteiger partial charge on any atom is -0.317 e. The van der Waals surface area contributed by atoms with Crippen molar-refractivity contribution in [3.63, 3.8) is 0 Å². The average molecular weight is 278 g/mol. The number of rotatable bonds is 4. The molecule has 0 radical (unpaired) electrons. The van der Waals surface area contributed by atoms with Crippen LogP contribution in [-0.4, -0.2) is 43.5 Å². The van der Waals surface area contributed by atoms with E-state index in [1.54, 1.807) is 6.07 Å². The molecule has 0 spiro atoms. The summed E-state index contributed by atoms with van der Waals surface area (Å²) in [5.74, 6) is -0.0174. The second kappa shape index (κ2) is 7.24. The Kier molecular flexibility index (Phi) is 5.33. The third-order valence-electron chi connectivity index (χ3n) is 3.13. The molecule has 19 heavy (non-hydrogen) atoms. The van der Waals surface area contributed by atoms with E-state index in [-0.39, 0.29) is 5.91 Å². The van der Waals surface area contributed by atoms with Crippen LogP contribution in [0.5, 0.6) is 0 Å². The molecule has 1 saturated heterocycles. The van der Waals surface area contributed by atoms with Crippen LogP contribution in [0.4, 0.5) is 5.00 Å². The highest BCUT2D eigenvalue weighted by atomic mass is 32.1. The quantitative estimate of drug-likeness (QED) is 0.869. The molecule has 0 atom stereocenters. The second-order valence-electron chi connectivity index (χ2n) is 4.52. The summed E-state index contributed by atoms with van der Waals surface area (Å²) < 4.78 is 0. The molecule has 1 aromatic rings. The zero-order valence-corrected chi connectivity index (χ0v) is 11.6. The lowest BCUT2D eigenvalue weighted by Crippen LogP contribution is -2.31. The average Bonchev–Trinajstić information content (AvgIpc) is 2.70. The van der Waals surface area contributed by atoms with Gasteiger partial charge in [0.1, 0.15) is 11.1 Å². The number of hydrogen-bond acceptors (Lipinski definition) is 5. The number of anilines is 1. The Morgan fingerprint density at radius 1 is 1.53 bits per heavy atom. The van der Waals surface area contributed by atoms with E-state index in [2.05, 4.69) is 21.6 Å². The van der Waals surface area contributed by atoms with Crippen molar-refractivity contribution in [2.75, 3.05) is 38.0 Å². The second-order valence-corrected chi connectivity index (χ2v) is 5.43. The molecule has 2 heterocycles. The van der Waals surface area contributed by atoms with Crippen molar-refractivity contribution < 1.29 is 4.79 Å². The third kappa shape index (κ3) is 4.31. The molecule has 102 valence electrons. The molecule has 0 bridgehead atoms. The molecular weight excluding hydrogens is 260 g/mol. The first-order chi connectivity index (χ1) is 9.29. The lowest BCUT2D eigenvalue weighted by atomic mass is 10.3. The maximum atomic E-state index is 11.9. The summed E-state index contributed by atoms with van der Waals surface area (Å²) >= 11 is 1.39. The van der Waals surface area contributed by atoms with E-state index in [0.29, 0.717) is 17.0 Å². The fraction of sp³-hybridized carbons (Fsp3) is 0.538. The number of carbonyl (C=O) groups is 1. The maximum absolute atomic E-state index is 11.9. The van der Waals surface area contributed by atoms with Crippen LogP contribution in [0, 0.1) is 11.3 Å². The van der Waals surface area contributed by atoms with Gasteiger partial charge in [-0.1, -0.05) is 0 Å². The van der Waals surface area contributed by atoms with Gasteiger partial charge in [0.05, 0.1) is 5.56 Å². The Labute approximate surface area is 117 Å². The minimum absolute atomic E-state index is 0.0174. The Morgan fingerprint density at radius 3 is 3.26 bits per heavy atom. The normalized spacial score (nSPS) is 16.6. The van der Waals surface area contributed by atoms with Gasteiger partial charge in [-0.3, -0.25) is 4.79 Å². The van der Waals surface area contributed by atoms with Gasteiger partial charge < -0.3 is 15.5 Å². The number of nitriles is 1. The van der Waals surface area contributed by atoms with E-state index in [1.807, 2.05) is 5.38 Å². The first-order valence-corrected chi connectivity index (χ1v) is 7.38. The predicted octanol–water partition coefficient (Wildman–Crippen LogP) is 1.24. The van der Waals surface area contributed by atoms with Crippen molar-refractivity contribution in [3.8, 4) is 6.07 Å². The number of nitrogens with one attached hydrogen (secondary N) is 2. The molecule has 1 aliphatic rings. The lowest BCUT2D eigenvalue weighted by Gasteiger charge is -2.18. The van der Waals surface area contributed by atoms with E-state index in [9.17, 15) is 4.79 Å². The molecule has 1 fully saturated rings. The minimum atomic E-state index is -0.0174. The van der Waals surface area contributed by atoms with E-state index in [1.165, 1.54) is 11.3 Å². The Hall–Kier alpha value is -1.42. The molecule has 5 nitrogen and oxygen atoms in total. The highest BCUT2D eigenvalue weighted by molar-refractivity contribution is 7.14. The van der Waals surface area contributed by atoms with Crippen molar-refractivity contribution in [1.29, 1.82) is 5.26 Å². The molecule has 0 aromatic carbocycles. The van der Waals surface area contributed by atoms with Crippen LogP contribution in [0.3, 0.4) is 0 Å². The first-order valence-electron chi connectivity index (χ1n) is 6.50. The Bertz CT molecular complexity index is 457. The van der Waals surface area contributed by atoms with Crippen molar-refractivity contribution in [2.24, 2.45) is 0 Å². The van der Waals surface area contributed by atoms with Gasteiger partial charge in [0, 0.05) is 26.1 Å². The monoisotopic (exact) mass is 278 g/mol. The van der Waals surface area contributed by atoms with Crippen molar-refractivity contribution >= 4 is 22.2 Å². The van der Waals surface area contributed by atoms with Crippen LogP contribution in [0.1, 0.15) is 18.4 Å². The summed E-state index contributed by atoms with van der Waals surface area (Å²) in [7, 11) is 0. The SMILES string of the molecule is N#Cc1ccsc1NC(=O)CCN1CCCNCC1. The number of amides is 1. The maximum Gasteiger partial charge on any atom is 0.226 e. The van der Waals surface area contributed by atoms with Crippen molar-refractivity contribution in [1.82, 2.24) is 10.2 Å². The van der Waals surface area contributed by atoms with Crippen LogP contribution < -0.4 is 10.6 Å². The Morgan fingerprint density at radius 2 is 2.42 bits per heavy atom. The van der Waals surface area contributed by atoms with Crippen LogP contribution >= 0.6 is 11.3 Å². The largest absolute Gasteiger partial charge is 0.317 e. The molecular formula is C13H18N4OS. The zero-order chi connectivity index (χ0) is 13.5. The van der Waals surface area contributed by atoms with E-state index in [4.69, 9.17) is 5.26 Å². The molecule has 6 heteroatoms. The number of carbonyl (C=O) groups excluding carboxylic acids is 1. The van der Waals surface area contributed by atoms with Gasteiger partial charge in [-0.15, -0.1) is 11.3 Å². The lowest BCUT2D eigenvalue weighted by molar-refractivity contribution is -0.116. The van der Waals surface area contributed by atoms with Gasteiger partial charge in [0.15, 0.2) is 0 Å². The van der Waals surface area contributed by atoms with Gasteiger partial charge in [0.25, 0.3) is 0 Å². The van der Waals surface area contributed by atoms with Crippen molar-refractivity contribution in [3.05, 3.63) is 17.0 Å². The number of hydrogen-bond donors (Lipinski definition) is 2. The summed E-state index contributed by atoms with van der Waals surface area (Å²) in [6.45, 7) is 4.87. The van der Waals surface area contributed by atoms with Gasteiger partial charge in [0.2, 0.25) is 5.91 Å². The number of thiophene rings is 1. The molecule has 2 rings (SSSR count). The molecule has 0 saturated carbocycles. The predicted molar refractivity (Wildman–Crippen MR) is 76.2 cm³/mol. The van der Waals surface area contributed by atoms with E-state index in [0.717, 1.165) is 39.1 Å². The highest BCUT2D eigenvalue weighted by Crippen LogP contribution is 2.22. The molecule has 1 amide bonds. The summed E-state index contributed by atoms with van der Waals surface area (Å²) in [5.41, 5.74) is 0.539. The van der Waals surface area contributed by atoms with Gasteiger partial charge >= 0.3 is 0 Å². The molecule has 0 unspecified atom stereocenters. The molecule has 1 aromatic heterocycles. The van der Waals surface area contributed by atoms with Crippen LogP contribution in [0.15, 0.2) is 11.4 Å². The topological polar surface area (TPSA) is 68.2 Å². The van der Waals surface area contributed by atoms with Gasteiger partial charge in [-0.05, 0) is 31.0 Å². The molecule has 1 aliphatic heterocycles. The smallest absolute Gasteiger partial charge is 0.226 e. The summed E-state index contributed by atoms with van der Waals surface area (Å²) in [4.78, 5) is 14.2. The van der Waals surface area contributed by atoms with Crippen LogP contribution in [-0.2, 0) is 4.79 Å². The Balaban J connectivity index is 1.77. The van der Waals surface area contributed by atoms with Gasteiger partial charge in [-0.2, -0.15) is 5.26 Å². The fourth-order valence-corrected chi connectivity index (χ4v) is 2.82. The summed E-state index contributed by atoms with van der Waals surface area (Å²) in [6.07, 6.45) is 1.61. The summed E-state index contributed by atoms with van der Waals surface area (Å²) in [5, 5.41) is 17.5. The van der Waals surface area contributed by atoms with E-state index >= 15 is 0 Å². The molecule has 0 aliphatic carbocycles. The fourth-order valence-electron chi connectivity index (χ4n) is 2.07.